The molecule has 0 bridgehead atoms. The predicted octanol–water partition coefficient (Wildman–Crippen LogP) is 3.53. The molecule has 0 N–H and O–H groups in total. The minimum absolute atomic E-state index is 0.0251. The van der Waals surface area contributed by atoms with E-state index >= 15 is 0 Å². The maximum Gasteiger partial charge on any atom is 0.327 e. The second-order valence-corrected chi connectivity index (χ2v) is 8.92. The number of para-hydroxylation sites is 1. The van der Waals surface area contributed by atoms with E-state index in [0.29, 0.717) is 25.0 Å². The predicted molar refractivity (Wildman–Crippen MR) is 99.0 cm³/mol. The number of esters is 1. The third-order valence-corrected chi connectivity index (χ3v) is 7.32. The van der Waals surface area contributed by atoms with Gasteiger partial charge in [-0.25, -0.2) is 8.42 Å². The van der Waals surface area contributed by atoms with Gasteiger partial charge in [-0.3, -0.25) is 4.79 Å². The molecule has 1 aliphatic rings. The normalized spacial score (nSPS) is 21.7. The first-order valence-corrected chi connectivity index (χ1v) is 10.2. The first-order valence-electron chi connectivity index (χ1n) is 8.59. The summed E-state index contributed by atoms with van der Waals surface area (Å²) in [6.45, 7) is 0. The Labute approximate surface area is 153 Å². The highest BCUT2D eigenvalue weighted by molar-refractivity contribution is 7.93. The molecule has 1 saturated heterocycles. The highest BCUT2D eigenvalue weighted by Gasteiger charge is 2.52. The quantitative estimate of drug-likeness (QED) is 0.749. The topological polar surface area (TPSA) is 69.7 Å². The molecule has 0 amide bonds. The molecule has 3 rings (SSSR count). The molecule has 2 aromatic rings. The summed E-state index contributed by atoms with van der Waals surface area (Å²) in [5, 5.41) is 0. The van der Waals surface area contributed by atoms with Gasteiger partial charge in [-0.15, -0.1) is 0 Å². The van der Waals surface area contributed by atoms with Crippen LogP contribution in [0.1, 0.15) is 24.8 Å². The van der Waals surface area contributed by atoms with E-state index in [2.05, 4.69) is 0 Å². The highest BCUT2D eigenvalue weighted by atomic mass is 32.2. The fraction of sp³-hybridized carbons (Fsp3) is 0.350. The number of sulfone groups is 1. The van der Waals surface area contributed by atoms with Crippen LogP contribution < -0.4 is 4.74 Å². The first-order chi connectivity index (χ1) is 12.5. The largest absolute Gasteiger partial charge is 0.468 e. The van der Waals surface area contributed by atoms with Crippen LogP contribution in [0.2, 0.25) is 0 Å². The summed E-state index contributed by atoms with van der Waals surface area (Å²) < 4.78 is 34.5. The Bertz CT molecular complexity index is 859. The second-order valence-electron chi connectivity index (χ2n) is 6.50. The smallest absolute Gasteiger partial charge is 0.327 e. The van der Waals surface area contributed by atoms with E-state index in [0.717, 1.165) is 11.3 Å². The van der Waals surface area contributed by atoms with Gasteiger partial charge in [0.15, 0.2) is 14.6 Å². The van der Waals surface area contributed by atoms with Crippen LogP contribution in [0.4, 0.5) is 0 Å². The summed E-state index contributed by atoms with van der Waals surface area (Å²) in [5.74, 6) is 0.735. The fourth-order valence-corrected chi connectivity index (χ4v) is 5.52. The average molecular weight is 374 g/mol. The highest BCUT2D eigenvalue weighted by Crippen LogP contribution is 2.36. The van der Waals surface area contributed by atoms with Gasteiger partial charge in [-0.2, -0.15) is 0 Å². The van der Waals surface area contributed by atoms with Crippen LogP contribution in [-0.4, -0.2) is 32.0 Å². The van der Waals surface area contributed by atoms with Crippen molar-refractivity contribution in [2.75, 3.05) is 12.9 Å². The number of carbonyl (C=O) groups excluding carboxylic acids is 1. The van der Waals surface area contributed by atoms with Crippen LogP contribution in [0.25, 0.3) is 0 Å². The summed E-state index contributed by atoms with van der Waals surface area (Å²) in [4.78, 5) is 12.4. The van der Waals surface area contributed by atoms with Crippen molar-refractivity contribution in [3.8, 4) is 11.5 Å². The van der Waals surface area contributed by atoms with Crippen molar-refractivity contribution in [2.24, 2.45) is 0 Å². The number of hydrogen-bond acceptors (Lipinski definition) is 5. The van der Waals surface area contributed by atoms with Gasteiger partial charge in [-0.1, -0.05) is 36.8 Å². The van der Waals surface area contributed by atoms with Crippen LogP contribution in [0.15, 0.2) is 54.6 Å². The van der Waals surface area contributed by atoms with E-state index in [1.54, 1.807) is 24.3 Å². The van der Waals surface area contributed by atoms with Crippen molar-refractivity contribution in [1.82, 2.24) is 0 Å². The van der Waals surface area contributed by atoms with E-state index < -0.39 is 20.6 Å². The third kappa shape index (κ3) is 3.60. The lowest BCUT2D eigenvalue weighted by Gasteiger charge is -2.34. The number of benzene rings is 2. The van der Waals surface area contributed by atoms with Crippen molar-refractivity contribution < 1.29 is 22.7 Å². The van der Waals surface area contributed by atoms with Crippen LogP contribution in [-0.2, 0) is 25.8 Å². The minimum atomic E-state index is -3.56. The Morgan fingerprint density at radius 1 is 1.00 bits per heavy atom. The molecule has 2 aromatic carbocycles. The zero-order valence-corrected chi connectivity index (χ0v) is 15.5. The molecule has 1 unspecified atom stereocenters. The molecule has 5 nitrogen and oxygen atoms in total. The Morgan fingerprint density at radius 2 is 1.65 bits per heavy atom. The van der Waals surface area contributed by atoms with Gasteiger partial charge in [0, 0.05) is 6.42 Å². The maximum atomic E-state index is 12.7. The van der Waals surface area contributed by atoms with Gasteiger partial charge in [0.1, 0.15) is 11.5 Å². The van der Waals surface area contributed by atoms with E-state index in [9.17, 15) is 13.2 Å². The molecule has 0 radical (unpaired) electrons. The van der Waals surface area contributed by atoms with E-state index in [-0.39, 0.29) is 12.2 Å². The molecule has 1 atom stereocenters. The summed E-state index contributed by atoms with van der Waals surface area (Å²) in [5.41, 5.74) is 0.765. The van der Waals surface area contributed by atoms with Gasteiger partial charge < -0.3 is 9.47 Å². The molecule has 0 aliphatic carbocycles. The summed E-state index contributed by atoms with van der Waals surface area (Å²) in [6.07, 6.45) is 1.70. The van der Waals surface area contributed by atoms with E-state index in [1.165, 1.54) is 7.11 Å². The molecule has 0 spiro atoms. The van der Waals surface area contributed by atoms with Crippen LogP contribution in [0, 0.1) is 0 Å². The lowest BCUT2D eigenvalue weighted by molar-refractivity contribution is -0.144. The molecule has 0 aromatic heterocycles. The molecular formula is C20H22O5S. The number of ether oxygens (including phenoxy) is 2. The molecule has 1 fully saturated rings. The van der Waals surface area contributed by atoms with Gasteiger partial charge in [-0.05, 0) is 42.7 Å². The number of carbonyl (C=O) groups is 1. The Morgan fingerprint density at radius 3 is 2.27 bits per heavy atom. The van der Waals surface area contributed by atoms with Gasteiger partial charge in [0.05, 0.1) is 12.9 Å². The molecular weight excluding hydrogens is 352 g/mol. The van der Waals surface area contributed by atoms with E-state index in [4.69, 9.17) is 9.47 Å². The van der Waals surface area contributed by atoms with Crippen molar-refractivity contribution >= 4 is 15.8 Å². The number of rotatable bonds is 5. The zero-order chi connectivity index (χ0) is 18.6. The van der Waals surface area contributed by atoms with E-state index in [1.807, 2.05) is 30.3 Å². The first kappa shape index (κ1) is 18.5. The summed E-state index contributed by atoms with van der Waals surface area (Å²) in [7, 11) is -2.32. The van der Waals surface area contributed by atoms with Crippen LogP contribution in [0.3, 0.4) is 0 Å². The SMILES string of the molecule is COC(=O)C1(Cc2ccc(Oc3ccccc3)cc2)CCCCS1(=O)=O. The third-order valence-electron chi connectivity index (χ3n) is 4.79. The Kier molecular flexibility index (Phi) is 5.32. The average Bonchev–Trinajstić information content (AvgIpc) is 2.65. The Hall–Kier alpha value is -2.34. The van der Waals surface area contributed by atoms with Crippen molar-refractivity contribution in [2.45, 2.75) is 30.4 Å². The van der Waals surface area contributed by atoms with Gasteiger partial charge >= 0.3 is 5.97 Å². The molecule has 0 saturated carbocycles. The molecule has 26 heavy (non-hydrogen) atoms. The second kappa shape index (κ2) is 7.50. The summed E-state index contributed by atoms with van der Waals surface area (Å²) >= 11 is 0. The van der Waals surface area contributed by atoms with Crippen LogP contribution >= 0.6 is 0 Å². The zero-order valence-electron chi connectivity index (χ0n) is 14.7. The lowest BCUT2D eigenvalue weighted by Crippen LogP contribution is -2.52. The van der Waals surface area contributed by atoms with Gasteiger partial charge in [0.2, 0.25) is 0 Å². The molecule has 138 valence electrons. The molecule has 1 aliphatic heterocycles. The molecule has 1 heterocycles. The Balaban J connectivity index is 1.83. The monoisotopic (exact) mass is 374 g/mol. The maximum absolute atomic E-state index is 12.7. The van der Waals surface area contributed by atoms with Crippen molar-refractivity contribution in [1.29, 1.82) is 0 Å². The summed E-state index contributed by atoms with van der Waals surface area (Å²) in [6, 6.07) is 16.6. The lowest BCUT2D eigenvalue weighted by atomic mass is 9.92. The number of methoxy groups -OCH3 is 1. The van der Waals surface area contributed by atoms with Crippen LogP contribution in [0.5, 0.6) is 11.5 Å². The minimum Gasteiger partial charge on any atom is -0.468 e. The van der Waals surface area contributed by atoms with Crippen molar-refractivity contribution in [3.05, 3.63) is 60.2 Å². The van der Waals surface area contributed by atoms with Gasteiger partial charge in [0.25, 0.3) is 0 Å². The standard InChI is InChI=1S/C20H22O5S/c1-24-19(21)20(13-5-6-14-26(20,22)23)15-16-9-11-18(12-10-16)25-17-7-3-2-4-8-17/h2-4,7-12H,5-6,13-15H2,1H3. The van der Waals surface area contributed by atoms with Crippen molar-refractivity contribution in [3.63, 3.8) is 0 Å². The fourth-order valence-electron chi connectivity index (χ4n) is 3.37. The molecule has 6 heteroatoms. The number of hydrogen-bond donors (Lipinski definition) is 0.